The summed E-state index contributed by atoms with van der Waals surface area (Å²) >= 11 is 0. The lowest BCUT2D eigenvalue weighted by Crippen LogP contribution is -2.39. The number of aromatic amines is 1. The molecule has 1 aliphatic rings. The number of aryl methyl sites for hydroxylation is 1. The number of rotatable bonds is 7. The van der Waals surface area contributed by atoms with Crippen molar-refractivity contribution in [2.45, 2.75) is 31.7 Å². The molecule has 1 saturated heterocycles. The summed E-state index contributed by atoms with van der Waals surface area (Å²) in [6.45, 7) is 2.42. The van der Waals surface area contributed by atoms with Gasteiger partial charge >= 0.3 is 0 Å². The number of carbonyl (C=O) groups is 2. The van der Waals surface area contributed by atoms with Crippen LogP contribution in [0.2, 0.25) is 0 Å². The van der Waals surface area contributed by atoms with Crippen molar-refractivity contribution in [2.75, 3.05) is 20.2 Å². The fourth-order valence-corrected chi connectivity index (χ4v) is 4.05. The summed E-state index contributed by atoms with van der Waals surface area (Å²) in [5.41, 5.74) is 1.99. The van der Waals surface area contributed by atoms with E-state index in [0.29, 0.717) is 37.6 Å². The molecule has 8 heteroatoms. The zero-order valence-electron chi connectivity index (χ0n) is 18.2. The summed E-state index contributed by atoms with van der Waals surface area (Å²) in [6, 6.07) is 17.2. The van der Waals surface area contributed by atoms with Gasteiger partial charge in [0.15, 0.2) is 5.82 Å². The second-order valence-corrected chi connectivity index (χ2v) is 7.97. The monoisotopic (exact) mass is 433 g/mol. The number of benzene rings is 2. The fraction of sp³-hybridized carbons (Fsp3) is 0.333. The number of amides is 2. The van der Waals surface area contributed by atoms with Crippen LogP contribution in [0.15, 0.2) is 54.6 Å². The standard InChI is InChI=1S/C24H27N5O3/c1-16(30)25-21-15-29(22(31)13-10-17-8-11-19(32-2)12-9-17)14-20(21)24-26-23(27-28-24)18-6-4-3-5-7-18/h3-9,11-12,20-21H,10,13-15H2,1-2H3,(H,25,30)(H,26,27,28)/t20-,21-/m1/s1. The van der Waals surface area contributed by atoms with Gasteiger partial charge in [-0.3, -0.25) is 14.7 Å². The summed E-state index contributed by atoms with van der Waals surface area (Å²) in [5, 5.41) is 10.3. The van der Waals surface area contributed by atoms with Gasteiger partial charge in [-0.25, -0.2) is 4.98 Å². The molecule has 4 rings (SSSR count). The second kappa shape index (κ2) is 9.64. The molecule has 32 heavy (non-hydrogen) atoms. The Bertz CT molecular complexity index is 1060. The van der Waals surface area contributed by atoms with Crippen LogP contribution >= 0.6 is 0 Å². The third kappa shape index (κ3) is 4.96. The van der Waals surface area contributed by atoms with Crippen molar-refractivity contribution in [1.82, 2.24) is 25.4 Å². The molecular weight excluding hydrogens is 406 g/mol. The number of nitrogens with zero attached hydrogens (tertiary/aromatic N) is 3. The number of methoxy groups -OCH3 is 1. The van der Waals surface area contributed by atoms with E-state index >= 15 is 0 Å². The van der Waals surface area contributed by atoms with Gasteiger partial charge in [0, 0.05) is 32.0 Å². The number of likely N-dealkylation sites (tertiary alicyclic amines) is 1. The van der Waals surface area contributed by atoms with Crippen molar-refractivity contribution in [3.8, 4) is 17.1 Å². The highest BCUT2D eigenvalue weighted by atomic mass is 16.5. The third-order valence-corrected chi connectivity index (χ3v) is 5.73. The normalized spacial score (nSPS) is 17.9. The fourth-order valence-electron chi connectivity index (χ4n) is 4.05. The van der Waals surface area contributed by atoms with Crippen LogP contribution in [-0.4, -0.2) is 58.1 Å². The van der Waals surface area contributed by atoms with Gasteiger partial charge in [0.2, 0.25) is 11.8 Å². The molecule has 0 unspecified atom stereocenters. The lowest BCUT2D eigenvalue weighted by atomic mass is 10.0. The lowest BCUT2D eigenvalue weighted by Gasteiger charge is -2.17. The summed E-state index contributed by atoms with van der Waals surface area (Å²) in [4.78, 5) is 31.2. The van der Waals surface area contributed by atoms with Crippen molar-refractivity contribution in [3.63, 3.8) is 0 Å². The average Bonchev–Trinajstić information content (AvgIpc) is 3.45. The van der Waals surface area contributed by atoms with Crippen LogP contribution in [0, 0.1) is 0 Å². The van der Waals surface area contributed by atoms with Gasteiger partial charge in [-0.15, -0.1) is 0 Å². The van der Waals surface area contributed by atoms with Gasteiger partial charge in [-0.05, 0) is 24.1 Å². The van der Waals surface area contributed by atoms with E-state index in [2.05, 4.69) is 20.5 Å². The molecule has 0 radical (unpaired) electrons. The first-order chi connectivity index (χ1) is 15.5. The molecule has 8 nitrogen and oxygen atoms in total. The Morgan fingerprint density at radius 3 is 2.56 bits per heavy atom. The van der Waals surface area contributed by atoms with Crippen molar-refractivity contribution in [1.29, 1.82) is 0 Å². The number of H-pyrrole nitrogens is 1. The van der Waals surface area contributed by atoms with Gasteiger partial charge in [-0.1, -0.05) is 42.5 Å². The Hall–Kier alpha value is -3.68. The molecule has 2 aromatic carbocycles. The highest BCUT2D eigenvalue weighted by Gasteiger charge is 2.38. The van der Waals surface area contributed by atoms with Crippen LogP contribution < -0.4 is 10.1 Å². The predicted molar refractivity (Wildman–Crippen MR) is 120 cm³/mol. The summed E-state index contributed by atoms with van der Waals surface area (Å²) in [6.07, 6.45) is 1.05. The number of ether oxygens (including phenoxy) is 1. The number of nitrogens with one attached hydrogen (secondary N) is 2. The highest BCUT2D eigenvalue weighted by molar-refractivity contribution is 5.78. The maximum atomic E-state index is 12.9. The Balaban J connectivity index is 1.44. The first kappa shape index (κ1) is 21.5. The average molecular weight is 434 g/mol. The van der Waals surface area contributed by atoms with Crippen molar-refractivity contribution >= 4 is 11.8 Å². The quantitative estimate of drug-likeness (QED) is 0.596. The second-order valence-electron chi connectivity index (χ2n) is 7.97. The Kier molecular flexibility index (Phi) is 6.49. The minimum absolute atomic E-state index is 0.0569. The SMILES string of the molecule is COc1ccc(CCC(=O)N2C[C@@H](NC(C)=O)[C@H](c3nc(-c4ccccc4)n[nH]3)C2)cc1. The zero-order chi connectivity index (χ0) is 22.5. The Labute approximate surface area is 187 Å². The molecule has 1 aromatic heterocycles. The van der Waals surface area contributed by atoms with Gasteiger partial charge in [0.1, 0.15) is 11.6 Å². The Morgan fingerprint density at radius 1 is 1.12 bits per heavy atom. The van der Waals surface area contributed by atoms with E-state index in [4.69, 9.17) is 4.74 Å². The molecule has 1 aliphatic heterocycles. The maximum absolute atomic E-state index is 12.9. The molecule has 0 saturated carbocycles. The number of hydrogen-bond acceptors (Lipinski definition) is 5. The van der Waals surface area contributed by atoms with Gasteiger partial charge in [0.25, 0.3) is 0 Å². The van der Waals surface area contributed by atoms with Crippen LogP contribution in [0.25, 0.3) is 11.4 Å². The van der Waals surface area contributed by atoms with Crippen LogP contribution in [0.4, 0.5) is 0 Å². The first-order valence-electron chi connectivity index (χ1n) is 10.7. The van der Waals surface area contributed by atoms with Crippen LogP contribution in [0.1, 0.15) is 30.7 Å². The molecule has 0 bridgehead atoms. The summed E-state index contributed by atoms with van der Waals surface area (Å²) in [7, 11) is 1.63. The molecule has 3 aromatic rings. The lowest BCUT2D eigenvalue weighted by molar-refractivity contribution is -0.130. The van der Waals surface area contributed by atoms with Crippen molar-refractivity contribution in [3.05, 3.63) is 66.0 Å². The maximum Gasteiger partial charge on any atom is 0.222 e. The molecule has 2 N–H and O–H groups in total. The van der Waals surface area contributed by atoms with E-state index in [1.165, 1.54) is 6.92 Å². The zero-order valence-corrected chi connectivity index (χ0v) is 18.2. The van der Waals surface area contributed by atoms with E-state index in [9.17, 15) is 9.59 Å². The molecule has 0 aliphatic carbocycles. The molecule has 2 atom stereocenters. The third-order valence-electron chi connectivity index (χ3n) is 5.73. The first-order valence-corrected chi connectivity index (χ1v) is 10.7. The van der Waals surface area contributed by atoms with Crippen LogP contribution in [0.5, 0.6) is 5.75 Å². The number of aromatic nitrogens is 3. The van der Waals surface area contributed by atoms with E-state index < -0.39 is 0 Å². The summed E-state index contributed by atoms with van der Waals surface area (Å²) < 4.78 is 5.18. The predicted octanol–water partition coefficient (Wildman–Crippen LogP) is 2.54. The van der Waals surface area contributed by atoms with E-state index in [0.717, 1.165) is 16.9 Å². The molecule has 166 valence electrons. The van der Waals surface area contributed by atoms with Gasteiger partial charge in [0.05, 0.1) is 19.1 Å². The summed E-state index contributed by atoms with van der Waals surface area (Å²) in [5.74, 6) is 1.85. The van der Waals surface area contributed by atoms with Crippen LogP contribution in [-0.2, 0) is 16.0 Å². The van der Waals surface area contributed by atoms with E-state index in [1.807, 2.05) is 54.6 Å². The van der Waals surface area contributed by atoms with Crippen LogP contribution in [0.3, 0.4) is 0 Å². The molecule has 2 amide bonds. The van der Waals surface area contributed by atoms with Gasteiger partial charge < -0.3 is 15.0 Å². The van der Waals surface area contributed by atoms with Crippen molar-refractivity contribution in [2.24, 2.45) is 0 Å². The minimum Gasteiger partial charge on any atom is -0.497 e. The number of hydrogen-bond donors (Lipinski definition) is 2. The molecular formula is C24H27N5O3. The number of carbonyl (C=O) groups excluding carboxylic acids is 2. The largest absolute Gasteiger partial charge is 0.497 e. The minimum atomic E-state index is -0.214. The van der Waals surface area contributed by atoms with E-state index in [-0.39, 0.29) is 23.8 Å². The smallest absolute Gasteiger partial charge is 0.222 e. The topological polar surface area (TPSA) is 100 Å². The molecule has 1 fully saturated rings. The van der Waals surface area contributed by atoms with Crippen molar-refractivity contribution < 1.29 is 14.3 Å². The van der Waals surface area contributed by atoms with Gasteiger partial charge in [-0.2, -0.15) is 5.10 Å². The Morgan fingerprint density at radius 2 is 1.88 bits per heavy atom. The molecule has 0 spiro atoms. The highest BCUT2D eigenvalue weighted by Crippen LogP contribution is 2.28. The molecule has 2 heterocycles. The van der Waals surface area contributed by atoms with E-state index in [1.54, 1.807) is 12.0 Å².